The Morgan fingerprint density at radius 2 is 2.26 bits per heavy atom. The molecule has 0 saturated carbocycles. The molecule has 3 saturated heterocycles. The summed E-state index contributed by atoms with van der Waals surface area (Å²) in [7, 11) is 0. The predicted octanol–water partition coefficient (Wildman–Crippen LogP) is 1.39. The molecule has 6 nitrogen and oxygen atoms in total. The number of piperidine rings is 3. The molecule has 2 bridgehead atoms. The van der Waals surface area contributed by atoms with Crippen molar-refractivity contribution in [3.05, 3.63) is 27.9 Å². The van der Waals surface area contributed by atoms with Crippen LogP contribution in [0.5, 0.6) is 5.88 Å². The lowest BCUT2D eigenvalue weighted by molar-refractivity contribution is -0.385. The SMILES string of the molecule is O=[N+]([O-])c1cnc2c(c1)C[C@]1(CN3CCC1CC3)O2. The van der Waals surface area contributed by atoms with Crippen LogP contribution in [-0.2, 0) is 6.42 Å². The Bertz CT molecular complexity index is 554. The Morgan fingerprint density at radius 3 is 2.89 bits per heavy atom. The van der Waals surface area contributed by atoms with E-state index < -0.39 is 4.92 Å². The molecule has 3 fully saturated rings. The monoisotopic (exact) mass is 261 g/mol. The van der Waals surface area contributed by atoms with E-state index in [4.69, 9.17) is 4.74 Å². The summed E-state index contributed by atoms with van der Waals surface area (Å²) in [6, 6.07) is 1.62. The highest BCUT2D eigenvalue weighted by molar-refractivity contribution is 5.42. The van der Waals surface area contributed by atoms with E-state index in [1.807, 2.05) is 0 Å². The van der Waals surface area contributed by atoms with Crippen molar-refractivity contribution in [1.29, 1.82) is 0 Å². The standard InChI is InChI=1S/C13H15N3O3/c17-16(18)11-5-9-6-13(19-12(9)14-7-11)8-15-3-1-10(13)2-4-15/h5,7,10H,1-4,6,8H2/t13-/m1/s1. The molecule has 0 aliphatic carbocycles. The summed E-state index contributed by atoms with van der Waals surface area (Å²) in [6.07, 6.45) is 4.38. The van der Waals surface area contributed by atoms with Crippen LogP contribution < -0.4 is 4.74 Å². The van der Waals surface area contributed by atoms with Crippen molar-refractivity contribution in [2.24, 2.45) is 5.92 Å². The summed E-state index contributed by atoms with van der Waals surface area (Å²) in [5, 5.41) is 10.8. The number of aromatic nitrogens is 1. The van der Waals surface area contributed by atoms with Crippen LogP contribution in [0.3, 0.4) is 0 Å². The second-order valence-corrected chi connectivity index (χ2v) is 5.81. The number of fused-ring (bicyclic) bond motifs is 3. The molecule has 0 aromatic carbocycles. The minimum Gasteiger partial charge on any atom is -0.469 e. The number of pyridine rings is 1. The quantitative estimate of drug-likeness (QED) is 0.564. The molecular formula is C13H15N3O3. The van der Waals surface area contributed by atoms with Gasteiger partial charge in [0.2, 0.25) is 5.88 Å². The normalized spacial score (nSPS) is 35.2. The lowest BCUT2D eigenvalue weighted by atomic mass is 9.73. The van der Waals surface area contributed by atoms with Gasteiger partial charge < -0.3 is 4.74 Å². The van der Waals surface area contributed by atoms with Gasteiger partial charge in [-0.05, 0) is 25.9 Å². The van der Waals surface area contributed by atoms with Gasteiger partial charge in [0, 0.05) is 30.5 Å². The van der Waals surface area contributed by atoms with Gasteiger partial charge in [0.15, 0.2) is 0 Å². The smallest absolute Gasteiger partial charge is 0.288 e. The number of nitrogens with zero attached hydrogens (tertiary/aromatic N) is 3. The Balaban J connectivity index is 1.68. The maximum atomic E-state index is 10.8. The van der Waals surface area contributed by atoms with Gasteiger partial charge >= 0.3 is 0 Å². The number of rotatable bonds is 1. The number of nitro groups is 1. The van der Waals surface area contributed by atoms with Crippen LogP contribution in [0.25, 0.3) is 0 Å². The topological polar surface area (TPSA) is 68.5 Å². The van der Waals surface area contributed by atoms with Crippen molar-refractivity contribution in [3.8, 4) is 5.88 Å². The molecule has 0 unspecified atom stereocenters. The minimum absolute atomic E-state index is 0.0562. The highest BCUT2D eigenvalue weighted by Gasteiger charge is 2.52. The van der Waals surface area contributed by atoms with Gasteiger partial charge in [-0.2, -0.15) is 0 Å². The maximum absolute atomic E-state index is 10.8. The van der Waals surface area contributed by atoms with E-state index in [2.05, 4.69) is 9.88 Å². The first-order valence-electron chi connectivity index (χ1n) is 6.71. The van der Waals surface area contributed by atoms with Crippen molar-refractivity contribution in [2.45, 2.75) is 24.9 Å². The van der Waals surface area contributed by atoms with E-state index in [1.54, 1.807) is 6.07 Å². The third-order valence-corrected chi connectivity index (χ3v) is 4.73. The highest BCUT2D eigenvalue weighted by Crippen LogP contribution is 2.46. The molecule has 1 spiro atoms. The molecule has 19 heavy (non-hydrogen) atoms. The van der Waals surface area contributed by atoms with Crippen LogP contribution in [0.4, 0.5) is 5.69 Å². The van der Waals surface area contributed by atoms with E-state index in [0.29, 0.717) is 11.8 Å². The summed E-state index contributed by atoms with van der Waals surface area (Å²) in [5.41, 5.74) is 0.768. The zero-order chi connectivity index (χ0) is 13.0. The fraction of sp³-hybridized carbons (Fsp3) is 0.615. The summed E-state index contributed by atoms with van der Waals surface area (Å²) in [4.78, 5) is 17.0. The van der Waals surface area contributed by atoms with Crippen LogP contribution in [0.2, 0.25) is 0 Å². The molecule has 1 atom stereocenters. The molecule has 0 N–H and O–H groups in total. The molecule has 100 valence electrons. The first-order chi connectivity index (χ1) is 9.16. The molecule has 6 heteroatoms. The van der Waals surface area contributed by atoms with Gasteiger partial charge in [0.1, 0.15) is 11.8 Å². The summed E-state index contributed by atoms with van der Waals surface area (Å²) in [5.74, 6) is 1.16. The molecule has 4 aliphatic heterocycles. The zero-order valence-electron chi connectivity index (χ0n) is 10.5. The van der Waals surface area contributed by atoms with E-state index >= 15 is 0 Å². The molecule has 1 aromatic heterocycles. The summed E-state index contributed by atoms with van der Waals surface area (Å²) in [6.45, 7) is 3.24. The third kappa shape index (κ3) is 1.56. The Hall–Kier alpha value is -1.69. The average Bonchev–Trinajstić information content (AvgIpc) is 2.76. The molecular weight excluding hydrogens is 246 g/mol. The molecule has 5 rings (SSSR count). The Morgan fingerprint density at radius 1 is 1.47 bits per heavy atom. The Labute approximate surface area is 110 Å². The molecule has 4 aliphatic rings. The molecule has 0 radical (unpaired) electrons. The first kappa shape index (κ1) is 11.2. The van der Waals surface area contributed by atoms with Crippen LogP contribution in [0, 0.1) is 16.0 Å². The van der Waals surface area contributed by atoms with Crippen LogP contribution in [0.1, 0.15) is 18.4 Å². The molecule has 0 amide bonds. The van der Waals surface area contributed by atoms with Crippen molar-refractivity contribution in [1.82, 2.24) is 9.88 Å². The third-order valence-electron chi connectivity index (χ3n) is 4.73. The average molecular weight is 261 g/mol. The van der Waals surface area contributed by atoms with Crippen molar-refractivity contribution < 1.29 is 9.66 Å². The second-order valence-electron chi connectivity index (χ2n) is 5.81. The van der Waals surface area contributed by atoms with Gasteiger partial charge in [-0.3, -0.25) is 15.0 Å². The fourth-order valence-electron chi connectivity index (χ4n) is 3.80. The van der Waals surface area contributed by atoms with E-state index in [0.717, 1.165) is 44.5 Å². The summed E-state index contributed by atoms with van der Waals surface area (Å²) < 4.78 is 6.13. The van der Waals surface area contributed by atoms with Gasteiger partial charge in [-0.25, -0.2) is 4.98 Å². The van der Waals surface area contributed by atoms with E-state index in [1.165, 1.54) is 6.20 Å². The second kappa shape index (κ2) is 3.66. The lowest BCUT2D eigenvalue weighted by Gasteiger charge is -2.50. The van der Waals surface area contributed by atoms with Gasteiger partial charge in [-0.1, -0.05) is 0 Å². The maximum Gasteiger partial charge on any atom is 0.288 e. The van der Waals surface area contributed by atoms with Crippen molar-refractivity contribution in [2.75, 3.05) is 19.6 Å². The van der Waals surface area contributed by atoms with Crippen LogP contribution in [0.15, 0.2) is 12.3 Å². The number of hydrogen-bond acceptors (Lipinski definition) is 5. The lowest BCUT2D eigenvalue weighted by Crippen LogP contribution is -2.61. The fourth-order valence-corrected chi connectivity index (χ4v) is 3.80. The van der Waals surface area contributed by atoms with Gasteiger partial charge in [-0.15, -0.1) is 0 Å². The predicted molar refractivity (Wildman–Crippen MR) is 67.1 cm³/mol. The zero-order valence-corrected chi connectivity index (χ0v) is 10.5. The van der Waals surface area contributed by atoms with Crippen molar-refractivity contribution in [3.63, 3.8) is 0 Å². The number of ether oxygens (including phenoxy) is 1. The Kier molecular flexibility index (Phi) is 2.15. The van der Waals surface area contributed by atoms with Crippen LogP contribution >= 0.6 is 0 Å². The van der Waals surface area contributed by atoms with Crippen molar-refractivity contribution >= 4 is 5.69 Å². The molecule has 1 aromatic rings. The largest absolute Gasteiger partial charge is 0.469 e. The summed E-state index contributed by atoms with van der Waals surface area (Å²) >= 11 is 0. The van der Waals surface area contributed by atoms with E-state index in [9.17, 15) is 10.1 Å². The van der Waals surface area contributed by atoms with E-state index in [-0.39, 0.29) is 11.3 Å². The van der Waals surface area contributed by atoms with Gasteiger partial charge in [0.25, 0.3) is 5.69 Å². The van der Waals surface area contributed by atoms with Gasteiger partial charge in [0.05, 0.1) is 4.92 Å². The van der Waals surface area contributed by atoms with Crippen LogP contribution in [-0.4, -0.2) is 40.0 Å². The highest BCUT2D eigenvalue weighted by atomic mass is 16.6. The number of hydrogen-bond donors (Lipinski definition) is 0. The molecule has 5 heterocycles. The minimum atomic E-state index is -0.394. The first-order valence-corrected chi connectivity index (χ1v) is 6.71.